The van der Waals surface area contributed by atoms with Crippen LogP contribution >= 0.6 is 15.9 Å². The van der Waals surface area contributed by atoms with E-state index in [1.807, 2.05) is 0 Å². The molecule has 94 valence electrons. The van der Waals surface area contributed by atoms with Crippen LogP contribution < -0.4 is 0 Å². The van der Waals surface area contributed by atoms with Crippen molar-refractivity contribution in [2.24, 2.45) is 5.92 Å². The van der Waals surface area contributed by atoms with E-state index in [1.165, 1.54) is 18.4 Å². The average molecular weight is 297 g/mol. The van der Waals surface area contributed by atoms with Crippen molar-refractivity contribution in [3.05, 3.63) is 35.9 Å². The smallest absolute Gasteiger partial charge is 0.0571 e. The first-order valence-electron chi connectivity index (χ1n) is 6.50. The van der Waals surface area contributed by atoms with Gasteiger partial charge in [-0.1, -0.05) is 53.2 Å². The summed E-state index contributed by atoms with van der Waals surface area (Å²) in [6.45, 7) is 4.02. The molecule has 1 fully saturated rings. The first-order valence-corrected chi connectivity index (χ1v) is 7.62. The van der Waals surface area contributed by atoms with Crippen LogP contribution in [0.25, 0.3) is 0 Å². The van der Waals surface area contributed by atoms with Crippen LogP contribution in [0.15, 0.2) is 30.3 Å². The minimum Gasteiger partial charge on any atom is -0.380 e. The standard InChI is InChI=1S/C15H21BrO/c1-2-15(11-16,12-17-10-13-8-9-13)14-6-4-3-5-7-14/h3-7,13H,2,8-12H2,1H3. The monoisotopic (exact) mass is 296 g/mol. The molecule has 1 aromatic rings. The van der Waals surface area contributed by atoms with E-state index in [1.54, 1.807) is 0 Å². The fourth-order valence-electron chi connectivity index (χ4n) is 2.10. The molecule has 0 N–H and O–H groups in total. The summed E-state index contributed by atoms with van der Waals surface area (Å²) in [5.41, 5.74) is 1.52. The number of alkyl halides is 1. The Kier molecular flexibility index (Phi) is 4.63. The molecule has 0 spiro atoms. The van der Waals surface area contributed by atoms with Crippen molar-refractivity contribution in [1.82, 2.24) is 0 Å². The molecule has 1 saturated carbocycles. The molecule has 1 aromatic carbocycles. The fraction of sp³-hybridized carbons (Fsp3) is 0.600. The topological polar surface area (TPSA) is 9.23 Å². The van der Waals surface area contributed by atoms with E-state index in [4.69, 9.17) is 4.74 Å². The highest BCUT2D eigenvalue weighted by atomic mass is 79.9. The molecule has 0 aliphatic heterocycles. The Hall–Kier alpha value is -0.340. The number of ether oxygens (including phenoxy) is 1. The van der Waals surface area contributed by atoms with Crippen LogP contribution in [0.2, 0.25) is 0 Å². The molecule has 0 heterocycles. The zero-order valence-electron chi connectivity index (χ0n) is 10.5. The number of hydrogen-bond donors (Lipinski definition) is 0. The molecule has 1 aliphatic rings. The van der Waals surface area contributed by atoms with Crippen molar-refractivity contribution in [2.75, 3.05) is 18.5 Å². The van der Waals surface area contributed by atoms with Gasteiger partial charge in [0.1, 0.15) is 0 Å². The SMILES string of the molecule is CCC(CBr)(COCC1CC1)c1ccccc1. The molecule has 1 nitrogen and oxygen atoms in total. The van der Waals surface area contributed by atoms with Crippen LogP contribution in [0.4, 0.5) is 0 Å². The number of halogens is 1. The lowest BCUT2D eigenvalue weighted by molar-refractivity contribution is 0.0812. The maximum absolute atomic E-state index is 5.93. The fourth-order valence-corrected chi connectivity index (χ4v) is 2.98. The summed E-state index contributed by atoms with van der Waals surface area (Å²) in [6.07, 6.45) is 3.82. The van der Waals surface area contributed by atoms with E-state index in [2.05, 4.69) is 53.2 Å². The largest absolute Gasteiger partial charge is 0.380 e. The van der Waals surface area contributed by atoms with Crippen molar-refractivity contribution < 1.29 is 4.74 Å². The molecule has 0 bridgehead atoms. The van der Waals surface area contributed by atoms with E-state index >= 15 is 0 Å². The second kappa shape index (κ2) is 6.01. The van der Waals surface area contributed by atoms with Gasteiger partial charge < -0.3 is 4.74 Å². The van der Waals surface area contributed by atoms with Crippen molar-refractivity contribution >= 4 is 15.9 Å². The van der Waals surface area contributed by atoms with Gasteiger partial charge in [-0.2, -0.15) is 0 Å². The second-order valence-electron chi connectivity index (χ2n) is 5.09. The molecule has 17 heavy (non-hydrogen) atoms. The maximum atomic E-state index is 5.93. The summed E-state index contributed by atoms with van der Waals surface area (Å²) in [7, 11) is 0. The average Bonchev–Trinajstić information content (AvgIpc) is 3.20. The molecule has 1 unspecified atom stereocenters. The summed E-state index contributed by atoms with van der Waals surface area (Å²) in [4.78, 5) is 0. The first kappa shape index (κ1) is 13.1. The minimum absolute atomic E-state index is 0.135. The highest BCUT2D eigenvalue weighted by molar-refractivity contribution is 9.09. The van der Waals surface area contributed by atoms with Gasteiger partial charge in [0, 0.05) is 17.4 Å². The number of rotatable bonds is 7. The Labute approximate surface area is 113 Å². The lowest BCUT2D eigenvalue weighted by Gasteiger charge is -2.31. The van der Waals surface area contributed by atoms with Crippen molar-refractivity contribution in [3.63, 3.8) is 0 Å². The maximum Gasteiger partial charge on any atom is 0.0571 e. The van der Waals surface area contributed by atoms with Gasteiger partial charge in [-0.15, -0.1) is 0 Å². The Morgan fingerprint density at radius 2 is 2.00 bits per heavy atom. The summed E-state index contributed by atoms with van der Waals surface area (Å²) in [5, 5.41) is 0.963. The van der Waals surface area contributed by atoms with Crippen LogP contribution in [-0.2, 0) is 10.2 Å². The zero-order chi connectivity index (χ0) is 12.1. The molecule has 0 aromatic heterocycles. The third-order valence-corrected chi connectivity index (χ3v) is 4.82. The van der Waals surface area contributed by atoms with Gasteiger partial charge in [0.2, 0.25) is 0 Å². The molecule has 1 aliphatic carbocycles. The van der Waals surface area contributed by atoms with E-state index < -0.39 is 0 Å². The summed E-state index contributed by atoms with van der Waals surface area (Å²) >= 11 is 3.67. The van der Waals surface area contributed by atoms with Gasteiger partial charge in [-0.25, -0.2) is 0 Å². The molecular formula is C15H21BrO. The van der Waals surface area contributed by atoms with Crippen LogP contribution in [0.5, 0.6) is 0 Å². The minimum atomic E-state index is 0.135. The first-order chi connectivity index (χ1) is 8.30. The highest BCUT2D eigenvalue weighted by Crippen LogP contribution is 2.33. The number of hydrogen-bond acceptors (Lipinski definition) is 1. The Bertz CT molecular complexity index is 328. The molecule has 0 saturated heterocycles. The Morgan fingerprint density at radius 3 is 2.53 bits per heavy atom. The van der Waals surface area contributed by atoms with Gasteiger partial charge in [0.25, 0.3) is 0 Å². The molecule has 1 atom stereocenters. The van der Waals surface area contributed by atoms with Crippen molar-refractivity contribution in [3.8, 4) is 0 Å². The van der Waals surface area contributed by atoms with Crippen LogP contribution in [-0.4, -0.2) is 18.5 Å². The van der Waals surface area contributed by atoms with E-state index in [0.29, 0.717) is 0 Å². The van der Waals surface area contributed by atoms with Crippen molar-refractivity contribution in [2.45, 2.75) is 31.6 Å². The summed E-state index contributed by atoms with van der Waals surface area (Å²) in [5.74, 6) is 0.843. The van der Waals surface area contributed by atoms with Gasteiger partial charge in [-0.05, 0) is 30.7 Å². The quantitative estimate of drug-likeness (QED) is 0.687. The highest BCUT2D eigenvalue weighted by Gasteiger charge is 2.30. The Morgan fingerprint density at radius 1 is 1.29 bits per heavy atom. The predicted octanol–water partition coefficient (Wildman–Crippen LogP) is 4.16. The van der Waals surface area contributed by atoms with Crippen LogP contribution in [0.1, 0.15) is 31.7 Å². The molecule has 2 heteroatoms. The van der Waals surface area contributed by atoms with E-state index in [0.717, 1.165) is 30.9 Å². The third kappa shape index (κ3) is 3.32. The van der Waals surface area contributed by atoms with Gasteiger partial charge in [0.15, 0.2) is 0 Å². The number of benzene rings is 1. The third-order valence-electron chi connectivity index (χ3n) is 3.75. The van der Waals surface area contributed by atoms with Crippen molar-refractivity contribution in [1.29, 1.82) is 0 Å². The van der Waals surface area contributed by atoms with Gasteiger partial charge in [0.05, 0.1) is 6.61 Å². The van der Waals surface area contributed by atoms with Gasteiger partial charge in [-0.3, -0.25) is 0 Å². The van der Waals surface area contributed by atoms with Crippen LogP contribution in [0, 0.1) is 5.92 Å². The molecular weight excluding hydrogens is 276 g/mol. The molecule has 2 rings (SSSR count). The van der Waals surface area contributed by atoms with Crippen LogP contribution in [0.3, 0.4) is 0 Å². The second-order valence-corrected chi connectivity index (χ2v) is 5.65. The van der Waals surface area contributed by atoms with E-state index in [-0.39, 0.29) is 5.41 Å². The predicted molar refractivity (Wildman–Crippen MR) is 75.7 cm³/mol. The normalized spacial score (nSPS) is 18.9. The zero-order valence-corrected chi connectivity index (χ0v) is 12.1. The molecule has 0 amide bonds. The summed E-state index contributed by atoms with van der Waals surface area (Å²) < 4.78 is 5.93. The lowest BCUT2D eigenvalue weighted by Crippen LogP contribution is -2.33. The summed E-state index contributed by atoms with van der Waals surface area (Å²) in [6, 6.07) is 10.7. The lowest BCUT2D eigenvalue weighted by atomic mass is 9.81. The Balaban J connectivity index is 2.01. The van der Waals surface area contributed by atoms with Gasteiger partial charge >= 0.3 is 0 Å². The molecule has 0 radical (unpaired) electrons. The van der Waals surface area contributed by atoms with E-state index in [9.17, 15) is 0 Å².